The van der Waals surface area contributed by atoms with Gasteiger partial charge in [0, 0.05) is 79.6 Å². The van der Waals surface area contributed by atoms with Gasteiger partial charge in [0.1, 0.15) is 5.82 Å². The van der Waals surface area contributed by atoms with Crippen LogP contribution in [-0.4, -0.2) is 51.4 Å². The molecule has 35 heavy (non-hydrogen) atoms. The molecule has 0 saturated carbocycles. The summed E-state index contributed by atoms with van der Waals surface area (Å²) in [5, 5.41) is 3.18. The SMILES string of the molecule is CNCc1cccnc1N1CCCC1.Cc1c(SN2CCn3cccc3C2)cc(C=O)n1C(C)C. The predicted octanol–water partition coefficient (Wildman–Crippen LogP) is 4.92. The van der Waals surface area contributed by atoms with Gasteiger partial charge >= 0.3 is 0 Å². The normalized spacial score (nSPS) is 15.7. The van der Waals surface area contributed by atoms with Crippen molar-refractivity contribution in [2.75, 3.05) is 31.6 Å². The zero-order valence-electron chi connectivity index (χ0n) is 21.4. The van der Waals surface area contributed by atoms with E-state index in [4.69, 9.17) is 0 Å². The molecule has 0 spiro atoms. The number of nitrogens with one attached hydrogen (secondary N) is 1. The Labute approximate surface area is 213 Å². The van der Waals surface area contributed by atoms with E-state index in [2.05, 4.69) is 73.8 Å². The minimum atomic E-state index is 0.304. The number of fused-ring (bicyclic) bond motifs is 1. The van der Waals surface area contributed by atoms with Crippen LogP contribution >= 0.6 is 11.9 Å². The Kier molecular flexibility index (Phi) is 8.70. The highest BCUT2D eigenvalue weighted by Crippen LogP contribution is 2.33. The maximum Gasteiger partial charge on any atom is 0.166 e. The van der Waals surface area contributed by atoms with E-state index in [1.807, 2.05) is 25.4 Å². The van der Waals surface area contributed by atoms with Crippen molar-refractivity contribution in [3.63, 3.8) is 0 Å². The molecule has 2 aliphatic heterocycles. The molecule has 0 aliphatic carbocycles. The van der Waals surface area contributed by atoms with Gasteiger partial charge in [-0.2, -0.15) is 0 Å². The van der Waals surface area contributed by atoms with Gasteiger partial charge in [0.25, 0.3) is 0 Å². The first-order valence-electron chi connectivity index (χ1n) is 12.6. The lowest BCUT2D eigenvalue weighted by Crippen LogP contribution is -2.27. The Morgan fingerprint density at radius 3 is 2.63 bits per heavy atom. The number of carbonyl (C=O) groups excluding carboxylic acids is 1. The molecule has 188 valence electrons. The summed E-state index contributed by atoms with van der Waals surface area (Å²) in [6.07, 6.45) is 7.58. The molecule has 7 nitrogen and oxygen atoms in total. The first-order chi connectivity index (χ1) is 17.0. The Hall–Kier alpha value is -2.55. The highest BCUT2D eigenvalue weighted by atomic mass is 32.2. The molecule has 5 rings (SSSR count). The molecule has 1 saturated heterocycles. The van der Waals surface area contributed by atoms with Gasteiger partial charge in [-0.3, -0.25) is 4.79 Å². The lowest BCUT2D eigenvalue weighted by atomic mass is 10.2. The van der Waals surface area contributed by atoms with Crippen molar-refractivity contribution in [1.29, 1.82) is 0 Å². The number of carbonyl (C=O) groups is 1. The van der Waals surface area contributed by atoms with Crippen LogP contribution in [0.5, 0.6) is 0 Å². The second-order valence-electron chi connectivity index (χ2n) is 9.46. The molecule has 0 radical (unpaired) electrons. The van der Waals surface area contributed by atoms with E-state index in [0.717, 1.165) is 51.2 Å². The molecule has 2 aliphatic rings. The van der Waals surface area contributed by atoms with Crippen LogP contribution in [0.15, 0.2) is 47.6 Å². The quantitative estimate of drug-likeness (QED) is 0.372. The Morgan fingerprint density at radius 2 is 1.94 bits per heavy atom. The molecule has 0 amide bonds. The van der Waals surface area contributed by atoms with E-state index in [-0.39, 0.29) is 0 Å². The smallest absolute Gasteiger partial charge is 0.166 e. The fraction of sp³-hybridized carbons (Fsp3) is 0.481. The second-order valence-corrected chi connectivity index (χ2v) is 10.6. The summed E-state index contributed by atoms with van der Waals surface area (Å²) in [6.45, 7) is 12.5. The average Bonchev–Trinajstić information content (AvgIpc) is 3.61. The summed E-state index contributed by atoms with van der Waals surface area (Å²) in [7, 11) is 1.97. The lowest BCUT2D eigenvalue weighted by Gasteiger charge is -2.27. The molecular formula is C27H38N6OS. The summed E-state index contributed by atoms with van der Waals surface area (Å²) < 4.78 is 6.79. The largest absolute Gasteiger partial charge is 0.356 e. The molecule has 0 unspecified atom stereocenters. The number of hydrogen-bond donors (Lipinski definition) is 1. The maximum atomic E-state index is 11.3. The van der Waals surface area contributed by atoms with Gasteiger partial charge in [-0.05, 0) is 76.9 Å². The van der Waals surface area contributed by atoms with Crippen LogP contribution in [0.1, 0.15) is 60.2 Å². The van der Waals surface area contributed by atoms with Crippen molar-refractivity contribution in [3.8, 4) is 0 Å². The van der Waals surface area contributed by atoms with Crippen LogP contribution in [0, 0.1) is 6.92 Å². The summed E-state index contributed by atoms with van der Waals surface area (Å²) in [5.74, 6) is 1.17. The maximum absolute atomic E-state index is 11.3. The first-order valence-corrected chi connectivity index (χ1v) is 13.4. The monoisotopic (exact) mass is 494 g/mol. The molecular weight excluding hydrogens is 456 g/mol. The van der Waals surface area contributed by atoms with Crippen molar-refractivity contribution < 1.29 is 4.79 Å². The summed E-state index contributed by atoms with van der Waals surface area (Å²) in [4.78, 5) is 19.3. The van der Waals surface area contributed by atoms with E-state index in [9.17, 15) is 4.79 Å². The average molecular weight is 495 g/mol. The highest BCUT2D eigenvalue weighted by molar-refractivity contribution is 7.97. The summed E-state index contributed by atoms with van der Waals surface area (Å²) >= 11 is 1.77. The molecule has 5 heterocycles. The molecule has 3 aromatic heterocycles. The topological polar surface area (TPSA) is 58.3 Å². The molecule has 1 N–H and O–H groups in total. The van der Waals surface area contributed by atoms with Crippen molar-refractivity contribution >= 4 is 24.1 Å². The van der Waals surface area contributed by atoms with E-state index in [1.165, 1.54) is 40.5 Å². The van der Waals surface area contributed by atoms with Crippen molar-refractivity contribution in [2.45, 2.75) is 64.2 Å². The first kappa shape index (κ1) is 25.5. The number of aromatic nitrogens is 3. The van der Waals surface area contributed by atoms with E-state index in [0.29, 0.717) is 6.04 Å². The fourth-order valence-electron chi connectivity index (χ4n) is 4.97. The summed E-state index contributed by atoms with van der Waals surface area (Å²) in [5.41, 5.74) is 4.60. The van der Waals surface area contributed by atoms with Gasteiger partial charge in [-0.1, -0.05) is 6.07 Å². The van der Waals surface area contributed by atoms with E-state index in [1.54, 1.807) is 11.9 Å². The number of pyridine rings is 1. The Balaban J connectivity index is 0.000000179. The molecule has 0 bridgehead atoms. The fourth-order valence-corrected chi connectivity index (χ4v) is 6.02. The number of hydrogen-bond acceptors (Lipinski definition) is 6. The zero-order valence-corrected chi connectivity index (χ0v) is 22.2. The Morgan fingerprint density at radius 1 is 1.14 bits per heavy atom. The lowest BCUT2D eigenvalue weighted by molar-refractivity contribution is 0.111. The van der Waals surface area contributed by atoms with E-state index >= 15 is 0 Å². The summed E-state index contributed by atoms with van der Waals surface area (Å²) in [6, 6.07) is 10.8. The van der Waals surface area contributed by atoms with Crippen LogP contribution in [-0.2, 0) is 19.6 Å². The van der Waals surface area contributed by atoms with Crippen LogP contribution in [0.4, 0.5) is 5.82 Å². The van der Waals surface area contributed by atoms with E-state index < -0.39 is 0 Å². The van der Waals surface area contributed by atoms with Crippen LogP contribution in [0.2, 0.25) is 0 Å². The minimum absolute atomic E-state index is 0.304. The van der Waals surface area contributed by atoms with Gasteiger partial charge < -0.3 is 19.4 Å². The molecule has 1 fully saturated rings. The van der Waals surface area contributed by atoms with Crippen molar-refractivity contribution in [1.82, 2.24) is 23.7 Å². The van der Waals surface area contributed by atoms with Crippen molar-refractivity contribution in [2.24, 2.45) is 0 Å². The van der Waals surface area contributed by atoms with Gasteiger partial charge in [-0.25, -0.2) is 9.29 Å². The minimum Gasteiger partial charge on any atom is -0.356 e. The highest BCUT2D eigenvalue weighted by Gasteiger charge is 2.20. The van der Waals surface area contributed by atoms with Gasteiger partial charge in [-0.15, -0.1) is 0 Å². The zero-order chi connectivity index (χ0) is 24.8. The van der Waals surface area contributed by atoms with Crippen molar-refractivity contribution in [3.05, 3.63) is 65.4 Å². The molecule has 0 aromatic carbocycles. The number of rotatable bonds is 7. The standard InChI is InChI=1S/C16H21N3OS.C11H17N3/c1-12(2)19-13(3)16(9-15(19)11-20)21-18-8-7-17-6-4-5-14(17)10-18;1-12-9-10-5-4-6-13-11(10)14-7-2-3-8-14/h4-6,9,11-12H,7-8,10H2,1-3H3;4-6,12H,2-3,7-9H2,1H3. The third-order valence-electron chi connectivity index (χ3n) is 6.63. The van der Waals surface area contributed by atoms with Crippen LogP contribution < -0.4 is 10.2 Å². The number of nitrogens with zero attached hydrogens (tertiary/aromatic N) is 5. The number of aldehydes is 1. The second kappa shape index (κ2) is 11.9. The van der Waals surface area contributed by atoms with Crippen LogP contribution in [0.3, 0.4) is 0 Å². The molecule has 0 atom stereocenters. The van der Waals surface area contributed by atoms with Gasteiger partial charge in [0.2, 0.25) is 0 Å². The Bertz CT molecular complexity index is 1110. The van der Waals surface area contributed by atoms with Gasteiger partial charge in [0.05, 0.1) is 5.69 Å². The molecule has 3 aromatic rings. The number of anilines is 1. The van der Waals surface area contributed by atoms with Crippen LogP contribution in [0.25, 0.3) is 0 Å². The predicted molar refractivity (Wildman–Crippen MR) is 144 cm³/mol. The third kappa shape index (κ3) is 6.00. The van der Waals surface area contributed by atoms with Gasteiger partial charge in [0.15, 0.2) is 6.29 Å². The molecule has 8 heteroatoms. The third-order valence-corrected chi connectivity index (χ3v) is 7.81.